The van der Waals surface area contributed by atoms with Crippen molar-refractivity contribution in [3.8, 4) is 5.75 Å². The van der Waals surface area contributed by atoms with E-state index in [0.717, 1.165) is 17.7 Å². The lowest BCUT2D eigenvalue weighted by Crippen LogP contribution is -2.13. The minimum atomic E-state index is -0.991. The first kappa shape index (κ1) is 17.0. The van der Waals surface area contributed by atoms with E-state index in [1.807, 2.05) is 31.2 Å². The maximum absolute atomic E-state index is 13.7. The van der Waals surface area contributed by atoms with Crippen molar-refractivity contribution in [2.75, 3.05) is 6.61 Å². The van der Waals surface area contributed by atoms with E-state index < -0.39 is 17.7 Å². The highest BCUT2D eigenvalue weighted by Crippen LogP contribution is 2.25. The predicted molar refractivity (Wildman–Crippen MR) is 87.3 cm³/mol. The van der Waals surface area contributed by atoms with Crippen molar-refractivity contribution in [2.24, 2.45) is 0 Å². The molecule has 0 saturated heterocycles. The number of aryl methyl sites for hydroxylation is 1. The fourth-order valence-electron chi connectivity index (χ4n) is 2.52. The number of hydrogen-bond donors (Lipinski definition) is 1. The van der Waals surface area contributed by atoms with E-state index in [1.54, 1.807) is 12.1 Å². The Bertz CT molecular complexity index is 655. The highest BCUT2D eigenvalue weighted by atomic mass is 19.1. The maximum atomic E-state index is 13.7. The van der Waals surface area contributed by atoms with Crippen LogP contribution in [0.4, 0.5) is 4.39 Å². The molecule has 1 N–H and O–H groups in total. The summed E-state index contributed by atoms with van der Waals surface area (Å²) in [6.07, 6.45) is 1.79. The summed E-state index contributed by atoms with van der Waals surface area (Å²) >= 11 is 0. The van der Waals surface area contributed by atoms with E-state index in [0.29, 0.717) is 19.4 Å². The van der Waals surface area contributed by atoms with Crippen LogP contribution in [0.25, 0.3) is 0 Å². The number of hydrogen-bond acceptors (Lipinski definition) is 2. The Morgan fingerprint density at radius 1 is 1.17 bits per heavy atom. The van der Waals surface area contributed by atoms with E-state index in [1.165, 1.54) is 12.1 Å². The maximum Gasteiger partial charge on any atom is 0.311 e. The van der Waals surface area contributed by atoms with E-state index in [-0.39, 0.29) is 5.56 Å². The molecular formula is C19H21FO3. The molecule has 122 valence electrons. The summed E-state index contributed by atoms with van der Waals surface area (Å²) in [7, 11) is 0. The summed E-state index contributed by atoms with van der Waals surface area (Å²) in [5.74, 6) is -1.45. The van der Waals surface area contributed by atoms with Gasteiger partial charge in [0.05, 0.1) is 12.5 Å². The molecule has 2 rings (SSSR count). The number of carboxylic acid groups (broad SMARTS) is 1. The fraction of sp³-hybridized carbons (Fsp3) is 0.316. The molecule has 0 spiro atoms. The second kappa shape index (κ2) is 8.32. The smallest absolute Gasteiger partial charge is 0.311 e. The number of ether oxygens (including phenoxy) is 1. The van der Waals surface area contributed by atoms with Crippen LogP contribution in [-0.4, -0.2) is 17.7 Å². The third-order valence-electron chi connectivity index (χ3n) is 3.72. The van der Waals surface area contributed by atoms with Crippen molar-refractivity contribution in [2.45, 2.75) is 32.1 Å². The van der Waals surface area contributed by atoms with E-state index in [2.05, 4.69) is 0 Å². The Morgan fingerprint density at radius 3 is 2.65 bits per heavy atom. The number of aliphatic carboxylic acids is 1. The zero-order valence-electron chi connectivity index (χ0n) is 13.2. The zero-order valence-corrected chi connectivity index (χ0v) is 13.2. The monoisotopic (exact) mass is 316 g/mol. The summed E-state index contributed by atoms with van der Waals surface area (Å²) in [5.41, 5.74) is 1.38. The SMILES string of the molecule is Cc1cccc(OCCCCC(C(=O)O)c2ccccc2F)c1. The molecule has 3 nitrogen and oxygen atoms in total. The summed E-state index contributed by atoms with van der Waals surface area (Å²) in [6.45, 7) is 2.52. The van der Waals surface area contributed by atoms with Gasteiger partial charge in [0.2, 0.25) is 0 Å². The second-order valence-corrected chi connectivity index (χ2v) is 5.57. The number of benzene rings is 2. The summed E-state index contributed by atoms with van der Waals surface area (Å²) in [6, 6.07) is 13.8. The Kier molecular flexibility index (Phi) is 6.15. The first-order valence-corrected chi connectivity index (χ1v) is 7.74. The number of carboxylic acids is 1. The Balaban J connectivity index is 1.81. The molecule has 0 saturated carbocycles. The average molecular weight is 316 g/mol. The summed E-state index contributed by atoms with van der Waals surface area (Å²) in [4.78, 5) is 11.4. The van der Waals surface area contributed by atoms with Crippen LogP contribution < -0.4 is 4.74 Å². The Morgan fingerprint density at radius 2 is 1.96 bits per heavy atom. The minimum Gasteiger partial charge on any atom is -0.494 e. The van der Waals surface area contributed by atoms with Crippen LogP contribution in [0, 0.1) is 12.7 Å². The molecule has 0 bridgehead atoms. The van der Waals surface area contributed by atoms with Crippen LogP contribution in [0.15, 0.2) is 48.5 Å². The normalized spacial score (nSPS) is 11.9. The molecule has 0 aliphatic heterocycles. The molecule has 2 aromatic carbocycles. The summed E-state index contributed by atoms with van der Waals surface area (Å²) < 4.78 is 19.4. The van der Waals surface area contributed by atoms with Crippen molar-refractivity contribution < 1.29 is 19.0 Å². The standard InChI is InChI=1S/C19H21FO3/c1-14-7-6-8-15(13-14)23-12-5-4-10-17(19(21)22)16-9-2-3-11-18(16)20/h2-3,6-9,11,13,17H,4-5,10,12H2,1H3,(H,21,22). The average Bonchev–Trinajstić information content (AvgIpc) is 2.52. The van der Waals surface area contributed by atoms with Gasteiger partial charge in [-0.2, -0.15) is 0 Å². The van der Waals surface area contributed by atoms with Crippen molar-refractivity contribution in [1.82, 2.24) is 0 Å². The van der Waals surface area contributed by atoms with Gasteiger partial charge in [0.25, 0.3) is 0 Å². The van der Waals surface area contributed by atoms with E-state index >= 15 is 0 Å². The molecule has 1 atom stereocenters. The molecule has 0 radical (unpaired) electrons. The first-order valence-electron chi connectivity index (χ1n) is 7.74. The second-order valence-electron chi connectivity index (χ2n) is 5.57. The van der Waals surface area contributed by atoms with Gasteiger partial charge in [-0.05, 0) is 49.9 Å². The topological polar surface area (TPSA) is 46.5 Å². The predicted octanol–water partition coefficient (Wildman–Crippen LogP) is 4.55. The van der Waals surface area contributed by atoms with Crippen molar-refractivity contribution in [3.05, 3.63) is 65.5 Å². The van der Waals surface area contributed by atoms with Gasteiger partial charge in [-0.15, -0.1) is 0 Å². The van der Waals surface area contributed by atoms with Gasteiger partial charge in [-0.1, -0.05) is 30.3 Å². The molecule has 1 unspecified atom stereocenters. The van der Waals surface area contributed by atoms with Gasteiger partial charge in [-0.3, -0.25) is 4.79 Å². The number of unbranched alkanes of at least 4 members (excludes halogenated alkanes) is 1. The quantitative estimate of drug-likeness (QED) is 0.727. The largest absolute Gasteiger partial charge is 0.494 e. The van der Waals surface area contributed by atoms with Crippen molar-refractivity contribution in [1.29, 1.82) is 0 Å². The number of rotatable bonds is 8. The molecule has 0 amide bonds. The lowest BCUT2D eigenvalue weighted by molar-refractivity contribution is -0.139. The lowest BCUT2D eigenvalue weighted by Gasteiger charge is -2.13. The third-order valence-corrected chi connectivity index (χ3v) is 3.72. The van der Waals surface area contributed by atoms with Crippen LogP contribution >= 0.6 is 0 Å². The molecule has 0 aliphatic carbocycles. The van der Waals surface area contributed by atoms with Gasteiger partial charge >= 0.3 is 5.97 Å². The third kappa shape index (κ3) is 5.09. The van der Waals surface area contributed by atoms with Gasteiger partial charge in [-0.25, -0.2) is 4.39 Å². The van der Waals surface area contributed by atoms with Gasteiger partial charge < -0.3 is 9.84 Å². The van der Waals surface area contributed by atoms with Crippen LogP contribution in [0.2, 0.25) is 0 Å². The van der Waals surface area contributed by atoms with Crippen LogP contribution in [0.5, 0.6) is 5.75 Å². The molecule has 0 aromatic heterocycles. The molecule has 0 heterocycles. The number of carbonyl (C=O) groups is 1. The molecule has 2 aromatic rings. The van der Waals surface area contributed by atoms with Gasteiger partial charge in [0.15, 0.2) is 0 Å². The van der Waals surface area contributed by atoms with Crippen molar-refractivity contribution >= 4 is 5.97 Å². The first-order chi connectivity index (χ1) is 11.1. The van der Waals surface area contributed by atoms with E-state index in [4.69, 9.17) is 4.74 Å². The summed E-state index contributed by atoms with van der Waals surface area (Å²) in [5, 5.41) is 9.32. The van der Waals surface area contributed by atoms with Gasteiger partial charge in [0, 0.05) is 5.56 Å². The van der Waals surface area contributed by atoms with Crippen LogP contribution in [-0.2, 0) is 4.79 Å². The Labute approximate surface area is 135 Å². The molecule has 4 heteroatoms. The minimum absolute atomic E-state index is 0.250. The molecular weight excluding hydrogens is 295 g/mol. The highest BCUT2D eigenvalue weighted by Gasteiger charge is 2.22. The van der Waals surface area contributed by atoms with Crippen molar-refractivity contribution in [3.63, 3.8) is 0 Å². The van der Waals surface area contributed by atoms with Gasteiger partial charge in [0.1, 0.15) is 11.6 Å². The number of halogens is 1. The van der Waals surface area contributed by atoms with Crippen LogP contribution in [0.1, 0.15) is 36.3 Å². The Hall–Kier alpha value is -2.36. The molecule has 0 fully saturated rings. The lowest BCUT2D eigenvalue weighted by atomic mass is 9.93. The fourth-order valence-corrected chi connectivity index (χ4v) is 2.52. The highest BCUT2D eigenvalue weighted by molar-refractivity contribution is 5.76. The zero-order chi connectivity index (χ0) is 16.7. The van der Waals surface area contributed by atoms with E-state index in [9.17, 15) is 14.3 Å². The molecule has 0 aliphatic rings. The molecule has 23 heavy (non-hydrogen) atoms. The van der Waals surface area contributed by atoms with Crippen LogP contribution in [0.3, 0.4) is 0 Å².